The number of terminal acetylenes is 1. The molecule has 9 heteroatoms. The minimum absolute atomic E-state index is 0.144. The molecule has 0 amide bonds. The zero-order valence-corrected chi connectivity index (χ0v) is 20.5. The summed E-state index contributed by atoms with van der Waals surface area (Å²) in [5.41, 5.74) is 0. The molecule has 0 heterocycles. The summed E-state index contributed by atoms with van der Waals surface area (Å²) in [6.45, 7) is 1.07. The van der Waals surface area contributed by atoms with Crippen LogP contribution in [-0.4, -0.2) is 41.0 Å². The largest absolute Gasteiger partial charge is 0.469 e. The van der Waals surface area contributed by atoms with Crippen LogP contribution in [0, 0.1) is 47.9 Å². The van der Waals surface area contributed by atoms with Crippen molar-refractivity contribution in [3.05, 3.63) is 0 Å². The monoisotopic (exact) mass is 492 g/mol. The molecule has 0 saturated heterocycles. The van der Waals surface area contributed by atoms with Crippen LogP contribution in [0.4, 0.5) is 0 Å². The zero-order valence-electron chi connectivity index (χ0n) is 19.6. The number of hydrogen-bond acceptors (Lipinski definition) is 6. The van der Waals surface area contributed by atoms with E-state index in [2.05, 4.69) is 52.9 Å². The van der Waals surface area contributed by atoms with Crippen LogP contribution < -0.4 is 0 Å². The number of carbonyl (C=O) groups excluding carboxylic acids is 2. The molecule has 0 saturated carbocycles. The molecule has 0 aliphatic heterocycles. The van der Waals surface area contributed by atoms with E-state index < -0.39 is 39.1 Å². The summed E-state index contributed by atoms with van der Waals surface area (Å²) >= 11 is 0. The molecule has 0 aliphatic rings. The van der Waals surface area contributed by atoms with Gasteiger partial charge in [0, 0.05) is 12.3 Å². The predicted molar refractivity (Wildman–Crippen MR) is 127 cm³/mol. The summed E-state index contributed by atoms with van der Waals surface area (Å²) in [5, 5.41) is 0. The number of carbonyl (C=O) groups is 2. The Labute approximate surface area is 202 Å². The number of phosphoric ester groups is 1. The summed E-state index contributed by atoms with van der Waals surface area (Å²) in [6.07, 6.45) is 15.0. The van der Waals surface area contributed by atoms with Gasteiger partial charge in [-0.1, -0.05) is 64.7 Å². The Bertz CT molecular complexity index is 880. The maximum Gasteiger partial charge on any atom is 0.469 e. The first-order valence-corrected chi connectivity index (χ1v) is 12.8. The number of ether oxygens (including phenoxy) is 2. The molecule has 186 valence electrons. The smallest absolute Gasteiger partial charge is 0.456 e. The Morgan fingerprint density at radius 1 is 0.853 bits per heavy atom. The fraction of sp³-hybridized carbons (Fsp3) is 0.600. The van der Waals surface area contributed by atoms with Gasteiger partial charge in [0.15, 0.2) is 6.10 Å². The van der Waals surface area contributed by atoms with E-state index in [1.807, 2.05) is 0 Å². The highest BCUT2D eigenvalue weighted by molar-refractivity contribution is 7.46. The third kappa shape index (κ3) is 22.5. The van der Waals surface area contributed by atoms with Crippen molar-refractivity contribution >= 4 is 19.8 Å². The van der Waals surface area contributed by atoms with Gasteiger partial charge < -0.3 is 19.3 Å². The zero-order chi connectivity index (χ0) is 25.5. The van der Waals surface area contributed by atoms with Crippen LogP contribution >= 0.6 is 7.82 Å². The highest BCUT2D eigenvalue weighted by Gasteiger charge is 2.22. The Balaban J connectivity index is 4.35. The molecule has 2 N–H and O–H groups in total. The fourth-order valence-electron chi connectivity index (χ4n) is 2.71. The Morgan fingerprint density at radius 3 is 2.00 bits per heavy atom. The standard InChI is InChI=1S/C25H33O8P/c1-3-5-7-9-11-12-13-14-16-18-20-25(27)33-23(22-32-34(28,29)30)21-31-24(26)19-17-15-10-8-6-4-2/h2,23H,3,5,7,9,11-14,16,18,20-22H2,1H3,(H2,28,29,30)/t23-/m1/s1. The molecule has 0 spiro atoms. The minimum Gasteiger partial charge on any atom is -0.456 e. The van der Waals surface area contributed by atoms with E-state index in [0.717, 1.165) is 19.3 Å². The topological polar surface area (TPSA) is 119 Å². The van der Waals surface area contributed by atoms with E-state index >= 15 is 0 Å². The number of phosphoric acid groups is 1. The maximum absolute atomic E-state index is 12.1. The predicted octanol–water partition coefficient (Wildman–Crippen LogP) is 3.51. The molecule has 0 unspecified atom stereocenters. The molecule has 8 nitrogen and oxygen atoms in total. The van der Waals surface area contributed by atoms with Gasteiger partial charge in [0.25, 0.3) is 0 Å². The molecule has 0 bridgehead atoms. The van der Waals surface area contributed by atoms with Gasteiger partial charge in [-0.25, -0.2) is 9.36 Å². The average molecular weight is 493 g/mol. The van der Waals surface area contributed by atoms with Crippen LogP contribution in [-0.2, 0) is 28.2 Å². The van der Waals surface area contributed by atoms with Gasteiger partial charge in [-0.3, -0.25) is 9.32 Å². The summed E-state index contributed by atoms with van der Waals surface area (Å²) in [4.78, 5) is 41.4. The summed E-state index contributed by atoms with van der Waals surface area (Å²) in [7, 11) is -4.79. The lowest BCUT2D eigenvalue weighted by molar-refractivity contribution is -0.158. The molecule has 0 aromatic heterocycles. The Morgan fingerprint density at radius 2 is 1.41 bits per heavy atom. The van der Waals surface area contributed by atoms with Crippen LogP contribution in [0.5, 0.6) is 0 Å². The van der Waals surface area contributed by atoms with Gasteiger partial charge in [-0.2, -0.15) is 0 Å². The summed E-state index contributed by atoms with van der Waals surface area (Å²) in [5.74, 6) is 13.9. The highest BCUT2D eigenvalue weighted by atomic mass is 31.2. The first-order chi connectivity index (χ1) is 16.3. The molecular formula is C25H33O8P. The molecule has 0 aromatic rings. The van der Waals surface area contributed by atoms with E-state index in [0.29, 0.717) is 6.42 Å². The lowest BCUT2D eigenvalue weighted by Crippen LogP contribution is -2.29. The first-order valence-electron chi connectivity index (χ1n) is 11.3. The van der Waals surface area contributed by atoms with Gasteiger partial charge >= 0.3 is 19.8 Å². The molecule has 0 aliphatic carbocycles. The third-order valence-corrected chi connectivity index (χ3v) is 4.83. The van der Waals surface area contributed by atoms with E-state index in [1.165, 1.54) is 38.5 Å². The van der Waals surface area contributed by atoms with Crippen LogP contribution in [0.1, 0.15) is 77.6 Å². The maximum atomic E-state index is 12.1. The van der Waals surface area contributed by atoms with Crippen molar-refractivity contribution in [1.82, 2.24) is 0 Å². The fourth-order valence-corrected chi connectivity index (χ4v) is 3.08. The van der Waals surface area contributed by atoms with Crippen molar-refractivity contribution in [2.24, 2.45) is 0 Å². The van der Waals surface area contributed by atoms with Gasteiger partial charge in [-0.05, 0) is 41.9 Å². The third-order valence-electron chi connectivity index (χ3n) is 4.35. The lowest BCUT2D eigenvalue weighted by Gasteiger charge is -2.17. The van der Waals surface area contributed by atoms with Crippen LogP contribution in [0.25, 0.3) is 0 Å². The van der Waals surface area contributed by atoms with Crippen LogP contribution in [0.3, 0.4) is 0 Å². The first kappa shape index (κ1) is 31.3. The second-order valence-corrected chi connectivity index (χ2v) is 8.56. The van der Waals surface area contributed by atoms with Crippen molar-refractivity contribution in [3.8, 4) is 47.9 Å². The molecule has 0 radical (unpaired) electrons. The number of rotatable bonds is 17. The molecule has 0 fully saturated rings. The van der Waals surface area contributed by atoms with Crippen molar-refractivity contribution in [1.29, 1.82) is 0 Å². The second-order valence-electron chi connectivity index (χ2n) is 7.32. The van der Waals surface area contributed by atoms with Crippen molar-refractivity contribution in [2.45, 2.75) is 83.7 Å². The number of unbranched alkanes of at least 4 members (excludes halogenated alkanes) is 9. The molecule has 0 aromatic carbocycles. The van der Waals surface area contributed by atoms with Crippen molar-refractivity contribution < 1.29 is 37.9 Å². The van der Waals surface area contributed by atoms with Gasteiger partial charge in [-0.15, -0.1) is 6.42 Å². The molecule has 0 rings (SSSR count). The minimum atomic E-state index is -4.79. The van der Waals surface area contributed by atoms with E-state index in [1.54, 1.807) is 0 Å². The van der Waals surface area contributed by atoms with Crippen LogP contribution in [0.2, 0.25) is 0 Å². The quantitative estimate of drug-likeness (QED) is 0.104. The van der Waals surface area contributed by atoms with Gasteiger partial charge in [0.1, 0.15) is 6.61 Å². The highest BCUT2D eigenvalue weighted by Crippen LogP contribution is 2.35. The number of hydrogen-bond donors (Lipinski definition) is 2. The SMILES string of the molecule is C#CC#CC#CC#CC(=O)OC[C@H](COP(=O)(O)O)OC(=O)CCCCCCCCCCCC. The van der Waals surface area contributed by atoms with E-state index in [4.69, 9.17) is 25.7 Å². The average Bonchev–Trinajstić information content (AvgIpc) is 2.78. The number of esters is 2. The van der Waals surface area contributed by atoms with Crippen molar-refractivity contribution in [3.63, 3.8) is 0 Å². The molecular weight excluding hydrogens is 459 g/mol. The normalized spacial score (nSPS) is 10.8. The van der Waals surface area contributed by atoms with Crippen LogP contribution in [0.15, 0.2) is 0 Å². The van der Waals surface area contributed by atoms with E-state index in [9.17, 15) is 14.2 Å². The molecule has 1 atom stereocenters. The Hall–Kier alpha value is -2.71. The van der Waals surface area contributed by atoms with Gasteiger partial charge in [0.2, 0.25) is 0 Å². The summed E-state index contributed by atoms with van der Waals surface area (Å²) in [6, 6.07) is 0. The van der Waals surface area contributed by atoms with Crippen molar-refractivity contribution in [2.75, 3.05) is 13.2 Å². The lowest BCUT2D eigenvalue weighted by atomic mass is 10.1. The summed E-state index contributed by atoms with van der Waals surface area (Å²) < 4.78 is 25.3. The Kier molecular flexibility index (Phi) is 19.2. The molecule has 34 heavy (non-hydrogen) atoms. The van der Waals surface area contributed by atoms with E-state index in [-0.39, 0.29) is 6.42 Å². The van der Waals surface area contributed by atoms with Gasteiger partial charge in [0.05, 0.1) is 6.61 Å². The second kappa shape index (κ2) is 20.9.